The van der Waals surface area contributed by atoms with Crippen molar-refractivity contribution >= 4 is 17.3 Å². The van der Waals surface area contributed by atoms with Gasteiger partial charge in [0.05, 0.1) is 17.7 Å². The minimum absolute atomic E-state index is 0.116. The Balaban J connectivity index is 1.87. The van der Waals surface area contributed by atoms with Crippen molar-refractivity contribution < 1.29 is 36.2 Å². The highest BCUT2D eigenvalue weighted by Crippen LogP contribution is 2.53. The molecule has 0 saturated heterocycles. The van der Waals surface area contributed by atoms with Crippen LogP contribution in [0, 0.1) is 29.9 Å². The van der Waals surface area contributed by atoms with Crippen molar-refractivity contribution in [3.8, 4) is 0 Å². The molecule has 1 aliphatic heterocycles. The van der Waals surface area contributed by atoms with Gasteiger partial charge in [-0.05, 0) is 44.0 Å². The zero-order valence-corrected chi connectivity index (χ0v) is 19.5. The number of carbonyl (C=O) groups excluding carboxylic acids is 1. The molecule has 1 saturated carbocycles. The maximum Gasteiger partial charge on any atom is 0.415 e. The third-order valence-corrected chi connectivity index (χ3v) is 7.09. The number of hydrogen-bond acceptors (Lipinski definition) is 3. The second kappa shape index (κ2) is 9.09. The molecule has 5 nitrogen and oxygen atoms in total. The van der Waals surface area contributed by atoms with E-state index in [1.165, 1.54) is 0 Å². The van der Waals surface area contributed by atoms with Crippen LogP contribution in [0.4, 0.5) is 37.7 Å². The number of alkyl halides is 3. The van der Waals surface area contributed by atoms with Gasteiger partial charge in [-0.15, -0.1) is 0 Å². The number of benzene rings is 2. The fourth-order valence-electron chi connectivity index (χ4n) is 5.35. The molecule has 2 aromatic carbocycles. The lowest BCUT2D eigenvalue weighted by molar-refractivity contribution is -0.142. The first-order valence-corrected chi connectivity index (χ1v) is 11.4. The van der Waals surface area contributed by atoms with Crippen molar-refractivity contribution in [3.05, 3.63) is 69.8 Å². The molecule has 0 aromatic heterocycles. The molecule has 1 atom stereocenters. The van der Waals surface area contributed by atoms with E-state index in [2.05, 4.69) is 9.74 Å². The van der Waals surface area contributed by atoms with Gasteiger partial charge in [-0.25, -0.2) is 18.0 Å². The summed E-state index contributed by atoms with van der Waals surface area (Å²) in [6.45, 7) is 12.7. The molecule has 1 N–H and O–H groups in total. The van der Waals surface area contributed by atoms with Gasteiger partial charge >= 0.3 is 6.18 Å². The molecular weight excluding hydrogens is 488 g/mol. The van der Waals surface area contributed by atoms with Crippen LogP contribution in [0.5, 0.6) is 0 Å². The van der Waals surface area contributed by atoms with Crippen LogP contribution in [0.3, 0.4) is 0 Å². The third kappa shape index (κ3) is 4.02. The van der Waals surface area contributed by atoms with E-state index in [-0.39, 0.29) is 30.6 Å². The fraction of sp³-hybridized carbons (Fsp3) is 0.440. The summed E-state index contributed by atoms with van der Waals surface area (Å²) in [6.07, 6.45) is -3.91. The second-order valence-corrected chi connectivity index (χ2v) is 9.08. The first-order valence-electron chi connectivity index (χ1n) is 11.4. The van der Waals surface area contributed by atoms with E-state index >= 15 is 0 Å². The molecule has 1 fully saturated rings. The van der Waals surface area contributed by atoms with Gasteiger partial charge in [0, 0.05) is 36.0 Å². The number of amides is 1. The highest BCUT2D eigenvalue weighted by atomic mass is 19.4. The van der Waals surface area contributed by atoms with Crippen molar-refractivity contribution in [3.63, 3.8) is 0 Å². The molecule has 1 unspecified atom stereocenters. The smallest absolute Gasteiger partial charge is 0.371 e. The largest absolute Gasteiger partial charge is 0.415 e. The number of halogens is 6. The Bertz CT molecular complexity index is 1220. The van der Waals surface area contributed by atoms with Crippen LogP contribution in [0.1, 0.15) is 43.4 Å². The number of carbonyl (C=O) groups is 1. The molecule has 11 heteroatoms. The van der Waals surface area contributed by atoms with Gasteiger partial charge in [-0.1, -0.05) is 13.8 Å². The molecule has 0 radical (unpaired) electrons. The van der Waals surface area contributed by atoms with E-state index in [0.29, 0.717) is 18.9 Å². The molecule has 0 spiro atoms. The minimum Gasteiger partial charge on any atom is -0.371 e. The number of fused-ring (bicyclic) bond motifs is 1. The van der Waals surface area contributed by atoms with E-state index in [1.807, 2.05) is 13.8 Å². The zero-order chi connectivity index (χ0) is 26.6. The van der Waals surface area contributed by atoms with Crippen LogP contribution in [0.15, 0.2) is 24.3 Å². The lowest BCUT2D eigenvalue weighted by Crippen LogP contribution is -2.50. The molecule has 2 aromatic rings. The van der Waals surface area contributed by atoms with Crippen LogP contribution >= 0.6 is 0 Å². The standard InChI is InChI=1S/C25H23F6N3O2/c1-4-33(5-2)16-6-13(7-16)12-34-20-11-15(32-3)10-17(25(29,30)31)21(20)24(36,23(34)35)22-18(27)8-14(26)9-19(22)28/h8-11,13,16,36H,4-7,12H2,1-2H3. The van der Waals surface area contributed by atoms with Gasteiger partial charge in [-0.2, -0.15) is 13.2 Å². The van der Waals surface area contributed by atoms with Crippen molar-refractivity contribution in [1.29, 1.82) is 0 Å². The van der Waals surface area contributed by atoms with Gasteiger partial charge in [0.1, 0.15) is 17.5 Å². The van der Waals surface area contributed by atoms with E-state index in [4.69, 9.17) is 6.57 Å². The van der Waals surface area contributed by atoms with E-state index in [9.17, 15) is 36.2 Å². The van der Waals surface area contributed by atoms with Crippen molar-refractivity contribution in [2.45, 2.75) is 44.5 Å². The fourth-order valence-corrected chi connectivity index (χ4v) is 5.35. The lowest BCUT2D eigenvalue weighted by Gasteiger charge is -2.43. The Kier molecular flexibility index (Phi) is 6.56. The number of hydrogen-bond donors (Lipinski definition) is 1. The van der Waals surface area contributed by atoms with Crippen molar-refractivity contribution in [1.82, 2.24) is 4.90 Å². The monoisotopic (exact) mass is 511 g/mol. The summed E-state index contributed by atoms with van der Waals surface area (Å²) in [7, 11) is 0. The maximum absolute atomic E-state index is 14.8. The molecule has 0 bridgehead atoms. The molecule has 36 heavy (non-hydrogen) atoms. The average molecular weight is 511 g/mol. The zero-order valence-electron chi connectivity index (χ0n) is 19.5. The first-order chi connectivity index (χ1) is 16.9. The summed E-state index contributed by atoms with van der Waals surface area (Å²) in [5, 5.41) is 11.5. The lowest BCUT2D eigenvalue weighted by atomic mass is 9.78. The van der Waals surface area contributed by atoms with Gasteiger partial charge in [0.2, 0.25) is 5.60 Å². The summed E-state index contributed by atoms with van der Waals surface area (Å²) < 4.78 is 85.4. The van der Waals surface area contributed by atoms with Crippen LogP contribution in [-0.4, -0.2) is 41.6 Å². The maximum atomic E-state index is 14.8. The van der Waals surface area contributed by atoms with Crippen LogP contribution in [-0.2, 0) is 16.6 Å². The number of anilines is 1. The summed E-state index contributed by atoms with van der Waals surface area (Å²) in [6, 6.07) is 2.01. The number of aliphatic hydroxyl groups is 1. The molecule has 1 heterocycles. The third-order valence-electron chi connectivity index (χ3n) is 7.09. The Hall–Kier alpha value is -3.10. The Morgan fingerprint density at radius 1 is 1.08 bits per heavy atom. The van der Waals surface area contributed by atoms with E-state index < -0.39 is 63.2 Å². The van der Waals surface area contributed by atoms with Crippen LogP contribution in [0.25, 0.3) is 4.85 Å². The van der Waals surface area contributed by atoms with Crippen LogP contribution in [0.2, 0.25) is 0 Å². The van der Waals surface area contributed by atoms with Gasteiger partial charge in [0.25, 0.3) is 5.91 Å². The van der Waals surface area contributed by atoms with Gasteiger partial charge in [-0.3, -0.25) is 4.79 Å². The first kappa shape index (κ1) is 26.0. The predicted octanol–water partition coefficient (Wildman–Crippen LogP) is 5.38. The van der Waals surface area contributed by atoms with Gasteiger partial charge < -0.3 is 14.9 Å². The van der Waals surface area contributed by atoms with Crippen molar-refractivity contribution in [2.75, 3.05) is 24.5 Å². The predicted molar refractivity (Wildman–Crippen MR) is 119 cm³/mol. The second-order valence-electron chi connectivity index (χ2n) is 9.08. The van der Waals surface area contributed by atoms with E-state index in [1.54, 1.807) is 0 Å². The summed E-state index contributed by atoms with van der Waals surface area (Å²) in [5.41, 5.74) is -8.35. The molecule has 2 aliphatic rings. The summed E-state index contributed by atoms with van der Waals surface area (Å²) in [5.74, 6) is -6.31. The molecule has 1 amide bonds. The Morgan fingerprint density at radius 2 is 1.67 bits per heavy atom. The number of nitrogens with zero attached hydrogens (tertiary/aromatic N) is 3. The number of rotatable bonds is 6. The van der Waals surface area contributed by atoms with Crippen molar-refractivity contribution in [2.24, 2.45) is 5.92 Å². The summed E-state index contributed by atoms with van der Waals surface area (Å²) >= 11 is 0. The molecule has 4 rings (SSSR count). The Labute approximate surface area is 203 Å². The SMILES string of the molecule is [C-]#[N+]c1cc2c(c(C(F)(F)F)c1)C(O)(c1c(F)cc(F)cc1F)C(=O)N2CC1CC(N(CC)CC)C1. The quantitative estimate of drug-likeness (QED) is 0.419. The minimum atomic E-state index is -5.17. The highest BCUT2D eigenvalue weighted by Gasteiger charge is 2.58. The van der Waals surface area contributed by atoms with Gasteiger partial charge in [0.15, 0.2) is 5.69 Å². The molecule has 1 aliphatic carbocycles. The average Bonchev–Trinajstić information content (AvgIpc) is 2.97. The molecular formula is C25H23F6N3O2. The molecule has 192 valence electrons. The van der Waals surface area contributed by atoms with Crippen LogP contribution < -0.4 is 4.90 Å². The highest BCUT2D eigenvalue weighted by molar-refractivity contribution is 6.10. The topological polar surface area (TPSA) is 48.1 Å². The Morgan fingerprint density at radius 3 is 2.17 bits per heavy atom. The summed E-state index contributed by atoms with van der Waals surface area (Å²) in [4.78, 5) is 19.7. The normalized spacial score (nSPS) is 23.6. The van der Waals surface area contributed by atoms with E-state index in [0.717, 1.165) is 24.1 Å².